The summed E-state index contributed by atoms with van der Waals surface area (Å²) < 4.78 is 11.5. The second-order valence-electron chi connectivity index (χ2n) is 6.64. The number of hydrogen-bond donors (Lipinski definition) is 1. The lowest BCUT2D eigenvalue weighted by molar-refractivity contribution is -0.113. The second kappa shape index (κ2) is 10.8. The van der Waals surface area contributed by atoms with Gasteiger partial charge in [-0.25, -0.2) is 9.59 Å². The zero-order valence-electron chi connectivity index (χ0n) is 18.3. The summed E-state index contributed by atoms with van der Waals surface area (Å²) in [5.41, 5.74) is 1.38. The van der Waals surface area contributed by atoms with Crippen LogP contribution in [0.5, 0.6) is 0 Å². The minimum atomic E-state index is -0.653. The van der Waals surface area contributed by atoms with Gasteiger partial charge in [-0.2, -0.15) is 0 Å². The number of thioether (sulfide) groups is 1. The molecule has 0 atom stereocenters. The summed E-state index contributed by atoms with van der Waals surface area (Å²) in [5.74, 6) is -0.934. The molecule has 0 saturated carbocycles. The molecule has 0 aliphatic rings. The third-order valence-corrected chi connectivity index (χ3v) is 7.03. The molecule has 0 aliphatic carbocycles. The Balaban J connectivity index is 1.77. The summed E-state index contributed by atoms with van der Waals surface area (Å²) in [4.78, 5) is 37.1. The molecule has 3 aromatic rings. The Hall–Kier alpha value is -2.89. The zero-order valence-corrected chi connectivity index (χ0v) is 20.7. The number of nitrogens with one attached hydrogen (secondary N) is 1. The summed E-state index contributed by atoms with van der Waals surface area (Å²) >= 11 is 8.13. The fourth-order valence-electron chi connectivity index (χ4n) is 3.02. The summed E-state index contributed by atoms with van der Waals surface area (Å²) in [6.45, 7) is 4.16. The second-order valence-corrected chi connectivity index (χ2v) is 9.04. The van der Waals surface area contributed by atoms with Gasteiger partial charge in [0.05, 0.1) is 25.5 Å². The molecular formula is C21H21ClN4O5S2. The van der Waals surface area contributed by atoms with Crippen molar-refractivity contribution in [1.82, 2.24) is 14.8 Å². The van der Waals surface area contributed by atoms with Crippen LogP contribution in [0.25, 0.3) is 11.4 Å². The number of methoxy groups -OCH3 is 2. The molecule has 2 aromatic heterocycles. The lowest BCUT2D eigenvalue weighted by Crippen LogP contribution is -2.16. The number of ether oxygens (including phenoxy) is 2. The molecule has 1 aromatic carbocycles. The first-order valence-corrected chi connectivity index (χ1v) is 11.9. The zero-order chi connectivity index (χ0) is 24.1. The maximum atomic E-state index is 12.7. The molecule has 1 amide bonds. The van der Waals surface area contributed by atoms with Crippen LogP contribution >= 0.6 is 34.7 Å². The summed E-state index contributed by atoms with van der Waals surface area (Å²) in [5, 5.41) is 12.6. The third kappa shape index (κ3) is 5.37. The molecule has 0 radical (unpaired) electrons. The van der Waals surface area contributed by atoms with E-state index in [4.69, 9.17) is 21.1 Å². The van der Waals surface area contributed by atoms with Crippen LogP contribution in [0.4, 0.5) is 5.00 Å². The molecule has 0 spiro atoms. The van der Waals surface area contributed by atoms with Gasteiger partial charge in [0.1, 0.15) is 9.88 Å². The van der Waals surface area contributed by atoms with Crippen molar-refractivity contribution in [3.8, 4) is 11.4 Å². The standard InChI is InChI=1S/C21H21ClN4O5S2/c1-5-26-17(12-6-8-13(22)9-7-12)24-25-21(26)32-10-14(27)23-18-15(19(28)30-3)11(2)16(33-18)20(29)31-4/h6-9H,5,10H2,1-4H3,(H,23,27). The Morgan fingerprint density at radius 2 is 1.79 bits per heavy atom. The molecule has 3 rings (SSSR count). The number of thiophene rings is 1. The van der Waals surface area contributed by atoms with E-state index in [9.17, 15) is 14.4 Å². The monoisotopic (exact) mass is 508 g/mol. The summed E-state index contributed by atoms with van der Waals surface area (Å²) in [7, 11) is 2.48. The Morgan fingerprint density at radius 1 is 1.12 bits per heavy atom. The Labute approximate surface area is 203 Å². The maximum Gasteiger partial charge on any atom is 0.348 e. The van der Waals surface area contributed by atoms with Gasteiger partial charge in [-0.15, -0.1) is 21.5 Å². The van der Waals surface area contributed by atoms with Crippen molar-refractivity contribution in [2.75, 3.05) is 25.3 Å². The van der Waals surface area contributed by atoms with E-state index in [1.807, 2.05) is 23.6 Å². The smallest absolute Gasteiger partial charge is 0.348 e. The molecule has 0 aliphatic heterocycles. The average Bonchev–Trinajstić information content (AvgIpc) is 3.37. The minimum absolute atomic E-state index is 0.0177. The number of esters is 2. The third-order valence-electron chi connectivity index (χ3n) is 4.63. The highest BCUT2D eigenvalue weighted by molar-refractivity contribution is 7.99. The highest BCUT2D eigenvalue weighted by Crippen LogP contribution is 2.34. The van der Waals surface area contributed by atoms with Gasteiger partial charge in [-0.1, -0.05) is 23.4 Å². The fourth-order valence-corrected chi connectivity index (χ4v) is 5.08. The lowest BCUT2D eigenvalue weighted by Gasteiger charge is -2.08. The van der Waals surface area contributed by atoms with E-state index in [1.54, 1.807) is 19.1 Å². The SMILES string of the molecule is CCn1c(SCC(=O)Nc2sc(C(=O)OC)c(C)c2C(=O)OC)nnc1-c1ccc(Cl)cc1. The summed E-state index contributed by atoms with van der Waals surface area (Å²) in [6, 6.07) is 7.25. The number of halogens is 1. The van der Waals surface area contributed by atoms with Gasteiger partial charge < -0.3 is 19.4 Å². The number of carbonyl (C=O) groups excluding carboxylic acids is 3. The van der Waals surface area contributed by atoms with Crippen molar-refractivity contribution in [2.45, 2.75) is 25.5 Å². The molecule has 0 unspecified atom stereocenters. The number of aromatic nitrogens is 3. The number of nitrogens with zero attached hydrogens (tertiary/aromatic N) is 3. The molecule has 2 heterocycles. The number of amides is 1. The lowest BCUT2D eigenvalue weighted by atomic mass is 10.1. The summed E-state index contributed by atoms with van der Waals surface area (Å²) in [6.07, 6.45) is 0. The normalized spacial score (nSPS) is 10.7. The van der Waals surface area contributed by atoms with E-state index in [0.717, 1.165) is 16.9 Å². The van der Waals surface area contributed by atoms with Crippen molar-refractivity contribution < 1.29 is 23.9 Å². The van der Waals surface area contributed by atoms with Gasteiger partial charge in [0.25, 0.3) is 0 Å². The van der Waals surface area contributed by atoms with Crippen molar-refractivity contribution >= 4 is 57.5 Å². The average molecular weight is 509 g/mol. The van der Waals surface area contributed by atoms with Crippen molar-refractivity contribution in [3.05, 3.63) is 45.3 Å². The first kappa shape index (κ1) is 24.7. The predicted octanol–water partition coefficient (Wildman–Crippen LogP) is 4.29. The quantitative estimate of drug-likeness (QED) is 0.354. The molecule has 9 nitrogen and oxygen atoms in total. The van der Waals surface area contributed by atoms with Gasteiger partial charge in [0.15, 0.2) is 11.0 Å². The highest BCUT2D eigenvalue weighted by atomic mass is 35.5. The van der Waals surface area contributed by atoms with Crippen LogP contribution in [-0.4, -0.2) is 52.6 Å². The Bertz CT molecular complexity index is 1190. The molecule has 1 N–H and O–H groups in total. The van der Waals surface area contributed by atoms with Crippen LogP contribution in [0.3, 0.4) is 0 Å². The molecule has 0 saturated heterocycles. The van der Waals surface area contributed by atoms with E-state index in [1.165, 1.54) is 26.0 Å². The van der Waals surface area contributed by atoms with E-state index in [2.05, 4.69) is 15.5 Å². The van der Waals surface area contributed by atoms with Gasteiger partial charge in [0, 0.05) is 17.1 Å². The van der Waals surface area contributed by atoms with Gasteiger partial charge in [-0.3, -0.25) is 4.79 Å². The molecule has 12 heteroatoms. The molecular weight excluding hydrogens is 488 g/mol. The van der Waals surface area contributed by atoms with Crippen molar-refractivity contribution in [2.24, 2.45) is 0 Å². The van der Waals surface area contributed by atoms with E-state index >= 15 is 0 Å². The van der Waals surface area contributed by atoms with E-state index < -0.39 is 11.9 Å². The van der Waals surface area contributed by atoms with Crippen LogP contribution in [0.15, 0.2) is 29.4 Å². The maximum absolute atomic E-state index is 12.7. The van der Waals surface area contributed by atoms with Gasteiger partial charge >= 0.3 is 11.9 Å². The Kier molecular flexibility index (Phi) is 8.11. The van der Waals surface area contributed by atoms with E-state index in [-0.39, 0.29) is 27.1 Å². The fraction of sp³-hybridized carbons (Fsp3) is 0.286. The molecule has 33 heavy (non-hydrogen) atoms. The predicted molar refractivity (Wildman–Crippen MR) is 127 cm³/mol. The van der Waals surface area contributed by atoms with Gasteiger partial charge in [0.2, 0.25) is 5.91 Å². The van der Waals surface area contributed by atoms with Crippen LogP contribution < -0.4 is 5.32 Å². The first-order chi connectivity index (χ1) is 15.8. The Morgan fingerprint density at radius 3 is 2.39 bits per heavy atom. The van der Waals surface area contributed by atoms with Crippen LogP contribution in [0.1, 0.15) is 32.5 Å². The minimum Gasteiger partial charge on any atom is -0.465 e. The van der Waals surface area contributed by atoms with Crippen molar-refractivity contribution in [3.63, 3.8) is 0 Å². The first-order valence-electron chi connectivity index (χ1n) is 9.72. The van der Waals surface area contributed by atoms with Crippen LogP contribution in [-0.2, 0) is 20.8 Å². The number of anilines is 1. The topological polar surface area (TPSA) is 112 Å². The molecule has 0 bridgehead atoms. The number of benzene rings is 1. The highest BCUT2D eigenvalue weighted by Gasteiger charge is 2.27. The number of hydrogen-bond acceptors (Lipinski definition) is 9. The number of rotatable bonds is 8. The van der Waals surface area contributed by atoms with Crippen LogP contribution in [0, 0.1) is 6.92 Å². The van der Waals surface area contributed by atoms with Crippen molar-refractivity contribution in [1.29, 1.82) is 0 Å². The molecule has 0 fully saturated rings. The van der Waals surface area contributed by atoms with Gasteiger partial charge in [-0.05, 0) is 43.7 Å². The number of carbonyl (C=O) groups is 3. The largest absolute Gasteiger partial charge is 0.465 e. The molecule has 174 valence electrons. The van der Waals surface area contributed by atoms with E-state index in [0.29, 0.717) is 28.1 Å². The van der Waals surface area contributed by atoms with Crippen LogP contribution in [0.2, 0.25) is 5.02 Å².